The predicted molar refractivity (Wildman–Crippen MR) is 183 cm³/mol. The van der Waals surface area contributed by atoms with Crippen LogP contribution in [0, 0.1) is 10.8 Å². The monoisotopic (exact) mass is 600 g/mol. The lowest BCUT2D eigenvalue weighted by Crippen LogP contribution is -2.46. The zero-order chi connectivity index (χ0) is 32.6. The fraction of sp³-hybridized carbons (Fsp3) is 0.550. The molecular weight excluding hydrogens is 544 g/mol. The number of hydrogen-bond donors (Lipinski definition) is 2. The third kappa shape index (κ3) is 7.31. The molecule has 0 spiro atoms. The molecule has 2 N–H and O–H groups in total. The van der Waals surface area contributed by atoms with Gasteiger partial charge in [0, 0.05) is 18.3 Å². The van der Waals surface area contributed by atoms with E-state index in [1.807, 2.05) is 0 Å². The summed E-state index contributed by atoms with van der Waals surface area (Å²) >= 11 is 0. The van der Waals surface area contributed by atoms with Gasteiger partial charge in [0.15, 0.2) is 0 Å². The number of aliphatic hydroxyl groups is 2. The molecule has 44 heavy (non-hydrogen) atoms. The van der Waals surface area contributed by atoms with Gasteiger partial charge < -0.3 is 19.7 Å². The number of hydrogen-bond acceptors (Lipinski definition) is 4. The van der Waals surface area contributed by atoms with Crippen molar-refractivity contribution in [3.8, 4) is 0 Å². The summed E-state index contributed by atoms with van der Waals surface area (Å²) < 4.78 is 12.7. The van der Waals surface area contributed by atoms with Gasteiger partial charge in [0.25, 0.3) is 0 Å². The Bertz CT molecular complexity index is 1380. The molecule has 4 heteroatoms. The molecule has 3 fully saturated rings. The molecule has 2 aliphatic heterocycles. The van der Waals surface area contributed by atoms with Crippen LogP contribution in [0.1, 0.15) is 94.9 Å². The molecule has 0 unspecified atom stereocenters. The van der Waals surface area contributed by atoms with Crippen LogP contribution in [-0.4, -0.2) is 45.3 Å². The van der Waals surface area contributed by atoms with Crippen molar-refractivity contribution in [2.75, 3.05) is 0 Å². The van der Waals surface area contributed by atoms with Gasteiger partial charge in [-0.15, -0.1) is 0 Å². The van der Waals surface area contributed by atoms with E-state index in [0.29, 0.717) is 12.8 Å². The van der Waals surface area contributed by atoms with Crippen molar-refractivity contribution in [1.29, 1.82) is 0 Å². The summed E-state index contributed by atoms with van der Waals surface area (Å²) in [6.07, 6.45) is 29.9. The average Bonchev–Trinajstić information content (AvgIpc) is 3.34. The molecule has 0 bridgehead atoms. The van der Waals surface area contributed by atoms with E-state index in [9.17, 15) is 10.2 Å². The first kappa shape index (κ1) is 34.4. The number of epoxide rings is 1. The van der Waals surface area contributed by atoms with Crippen LogP contribution in [0.5, 0.6) is 0 Å². The lowest BCUT2D eigenvalue weighted by molar-refractivity contribution is -0.0683. The van der Waals surface area contributed by atoms with Crippen molar-refractivity contribution in [2.24, 2.45) is 10.8 Å². The van der Waals surface area contributed by atoms with Gasteiger partial charge in [-0.3, -0.25) is 0 Å². The summed E-state index contributed by atoms with van der Waals surface area (Å²) in [4.78, 5) is 0. The standard InChI is InChI=1S/C40H56O4/c1-28(17-13-18-30(3)21-22-40-37(7,8)25-33(42)27-39(40,10)44-40)15-11-12-16-29(2)19-14-20-31(4)34-23-35-36(5,6)24-32(41)26-38(35,9)43-34/h11-23,32-34,41-42H,24-27H2,1-10H3/b12-11+,17-13+,19-14+,22-21+,28-15+,29-16+,30-18+,31-20+/t32-,33-,34-,38+,39+,40-/m0/s1. The molecule has 1 saturated heterocycles. The van der Waals surface area contributed by atoms with Crippen LogP contribution < -0.4 is 0 Å². The van der Waals surface area contributed by atoms with Crippen molar-refractivity contribution >= 4 is 0 Å². The third-order valence-corrected chi connectivity index (χ3v) is 10.2. The molecule has 0 aromatic heterocycles. The van der Waals surface area contributed by atoms with E-state index in [4.69, 9.17) is 9.47 Å². The van der Waals surface area contributed by atoms with Gasteiger partial charge >= 0.3 is 0 Å². The maximum Gasteiger partial charge on any atom is 0.121 e. The van der Waals surface area contributed by atoms with E-state index >= 15 is 0 Å². The summed E-state index contributed by atoms with van der Waals surface area (Å²) in [5.41, 5.74) is 4.89. The van der Waals surface area contributed by atoms with E-state index in [1.54, 1.807) is 0 Å². The second-order valence-electron chi connectivity index (χ2n) is 15.4. The van der Waals surface area contributed by atoms with E-state index in [-0.39, 0.29) is 45.9 Å². The minimum absolute atomic E-state index is 0.0500. The normalized spacial score (nSPS) is 37.7. The van der Waals surface area contributed by atoms with Crippen molar-refractivity contribution in [3.63, 3.8) is 0 Å². The molecule has 0 amide bonds. The van der Waals surface area contributed by atoms with Gasteiger partial charge in [-0.05, 0) is 83.1 Å². The molecule has 0 radical (unpaired) electrons. The van der Waals surface area contributed by atoms with Crippen molar-refractivity contribution in [1.82, 2.24) is 0 Å². The highest BCUT2D eigenvalue weighted by Crippen LogP contribution is 2.66. The van der Waals surface area contributed by atoms with E-state index < -0.39 is 0 Å². The maximum absolute atomic E-state index is 10.4. The van der Waals surface area contributed by atoms with E-state index in [0.717, 1.165) is 12.8 Å². The van der Waals surface area contributed by atoms with Crippen molar-refractivity contribution < 1.29 is 19.7 Å². The van der Waals surface area contributed by atoms with Crippen LogP contribution in [-0.2, 0) is 9.47 Å². The second kappa shape index (κ2) is 12.7. The Morgan fingerprint density at radius 2 is 1.25 bits per heavy atom. The third-order valence-electron chi connectivity index (χ3n) is 10.2. The summed E-state index contributed by atoms with van der Waals surface area (Å²) in [5.74, 6) is 0. The molecule has 2 saturated carbocycles. The molecule has 2 heterocycles. The highest BCUT2D eigenvalue weighted by Gasteiger charge is 2.74. The summed E-state index contributed by atoms with van der Waals surface area (Å²) in [5, 5.41) is 20.6. The quantitative estimate of drug-likeness (QED) is 0.158. The predicted octanol–water partition coefficient (Wildman–Crippen LogP) is 8.97. The first-order chi connectivity index (χ1) is 20.4. The van der Waals surface area contributed by atoms with Crippen molar-refractivity contribution in [2.45, 2.75) is 130 Å². The first-order valence-electron chi connectivity index (χ1n) is 16.3. The molecule has 0 aromatic rings. The SMILES string of the molecule is CC(/C=C/C=C(C)/C=C/[C@@]12O[C@]1(C)C[C@@H](O)CC2(C)C)=C\C=C\C=C(C)\C=C\C=C(/C)[C@@H]1C=C2C(C)(C)C[C@H](O)C[C@@]2(C)O1. The highest BCUT2D eigenvalue weighted by atomic mass is 16.6. The molecule has 4 aliphatic rings. The number of allylic oxidation sites excluding steroid dienone is 14. The highest BCUT2D eigenvalue weighted by molar-refractivity contribution is 5.38. The number of rotatable bonds is 9. The first-order valence-corrected chi connectivity index (χ1v) is 16.3. The van der Waals surface area contributed by atoms with Gasteiger partial charge in [-0.25, -0.2) is 0 Å². The number of aliphatic hydroxyl groups excluding tert-OH is 2. The van der Waals surface area contributed by atoms with Crippen LogP contribution in [0.4, 0.5) is 0 Å². The zero-order valence-corrected chi connectivity index (χ0v) is 28.8. The number of ether oxygens (including phenoxy) is 2. The molecule has 240 valence electrons. The van der Waals surface area contributed by atoms with Crippen LogP contribution in [0.3, 0.4) is 0 Å². The van der Waals surface area contributed by atoms with Gasteiger partial charge in [-0.2, -0.15) is 0 Å². The maximum atomic E-state index is 10.4. The van der Waals surface area contributed by atoms with Gasteiger partial charge in [-0.1, -0.05) is 111 Å². The van der Waals surface area contributed by atoms with Crippen LogP contribution in [0.15, 0.2) is 107 Å². The topological polar surface area (TPSA) is 62.2 Å². The van der Waals surface area contributed by atoms with E-state index in [1.165, 1.54) is 27.9 Å². The van der Waals surface area contributed by atoms with Crippen LogP contribution in [0.25, 0.3) is 0 Å². The largest absolute Gasteiger partial charge is 0.393 e. The average molecular weight is 601 g/mol. The summed E-state index contributed by atoms with van der Waals surface area (Å²) in [7, 11) is 0. The van der Waals surface area contributed by atoms with Gasteiger partial charge in [0.2, 0.25) is 0 Å². The molecule has 4 rings (SSSR count). The Balaban J connectivity index is 1.27. The summed E-state index contributed by atoms with van der Waals surface area (Å²) in [6.45, 7) is 21.5. The van der Waals surface area contributed by atoms with Crippen LogP contribution in [0.2, 0.25) is 0 Å². The Labute approximate surface area is 267 Å². The Morgan fingerprint density at radius 1 is 0.705 bits per heavy atom. The molecular formula is C40H56O4. The lowest BCUT2D eigenvalue weighted by atomic mass is 9.63. The summed E-state index contributed by atoms with van der Waals surface area (Å²) in [6, 6.07) is 0. The Kier molecular flexibility index (Phi) is 9.93. The molecule has 0 aromatic carbocycles. The minimum atomic E-state index is -0.385. The fourth-order valence-electron chi connectivity index (χ4n) is 7.95. The van der Waals surface area contributed by atoms with Gasteiger partial charge in [0.1, 0.15) is 11.2 Å². The van der Waals surface area contributed by atoms with Gasteiger partial charge in [0.05, 0.1) is 23.9 Å². The Hall–Kier alpha value is -2.50. The number of fused-ring (bicyclic) bond motifs is 2. The van der Waals surface area contributed by atoms with E-state index in [2.05, 4.69) is 148 Å². The molecule has 2 aliphatic carbocycles. The smallest absolute Gasteiger partial charge is 0.121 e. The second-order valence-corrected chi connectivity index (χ2v) is 15.4. The fourth-order valence-corrected chi connectivity index (χ4v) is 7.95. The zero-order valence-electron chi connectivity index (χ0n) is 28.8. The minimum Gasteiger partial charge on any atom is -0.393 e. The molecule has 4 nitrogen and oxygen atoms in total. The Morgan fingerprint density at radius 3 is 1.86 bits per heavy atom. The van der Waals surface area contributed by atoms with Crippen molar-refractivity contribution in [3.05, 3.63) is 107 Å². The molecule has 6 atom stereocenters. The lowest BCUT2D eigenvalue weighted by Gasteiger charge is -2.44. The van der Waals surface area contributed by atoms with Crippen LogP contribution >= 0.6 is 0 Å².